The summed E-state index contributed by atoms with van der Waals surface area (Å²) in [6.07, 6.45) is 5.30. The van der Waals surface area contributed by atoms with E-state index in [1.807, 2.05) is 60.8 Å². The van der Waals surface area contributed by atoms with Crippen molar-refractivity contribution in [3.05, 3.63) is 78.1 Å². The topological polar surface area (TPSA) is 67.2 Å². The number of carbonyl (C=O) groups is 2. The molecule has 0 fully saturated rings. The van der Waals surface area contributed by atoms with Crippen molar-refractivity contribution in [1.29, 1.82) is 0 Å². The van der Waals surface area contributed by atoms with Gasteiger partial charge < -0.3 is 10.2 Å². The molecule has 0 saturated carbocycles. The third-order valence-corrected chi connectivity index (χ3v) is 5.32. The normalized spacial score (nSPS) is 15.5. The van der Waals surface area contributed by atoms with Crippen LogP contribution in [0.5, 0.6) is 0 Å². The lowest BCUT2D eigenvalue weighted by Crippen LogP contribution is -2.32. The lowest BCUT2D eigenvalue weighted by Gasteiger charge is -2.25. The summed E-state index contributed by atoms with van der Waals surface area (Å²) in [4.78, 5) is 26.6. The molecule has 1 aliphatic rings. The molecule has 4 rings (SSSR count). The van der Waals surface area contributed by atoms with Gasteiger partial charge in [0.15, 0.2) is 0 Å². The highest BCUT2D eigenvalue weighted by molar-refractivity contribution is 5.96. The number of para-hydroxylation sites is 2. The van der Waals surface area contributed by atoms with Gasteiger partial charge in [0.1, 0.15) is 0 Å². The molecular weight excluding hydrogens is 364 g/mol. The van der Waals surface area contributed by atoms with E-state index in [0.717, 1.165) is 22.5 Å². The van der Waals surface area contributed by atoms with Gasteiger partial charge in [0.05, 0.1) is 11.9 Å². The highest BCUT2D eigenvalue weighted by atomic mass is 16.2. The number of amides is 2. The van der Waals surface area contributed by atoms with Gasteiger partial charge in [0.2, 0.25) is 11.8 Å². The fraction of sp³-hybridized carbons (Fsp3) is 0.261. The number of carbonyl (C=O) groups excluding carboxylic acids is 2. The van der Waals surface area contributed by atoms with Crippen molar-refractivity contribution in [3.8, 4) is 5.69 Å². The van der Waals surface area contributed by atoms with Crippen molar-refractivity contribution in [2.24, 2.45) is 5.92 Å². The number of nitrogens with one attached hydrogen (secondary N) is 1. The molecule has 29 heavy (non-hydrogen) atoms. The van der Waals surface area contributed by atoms with E-state index in [2.05, 4.69) is 10.4 Å². The van der Waals surface area contributed by atoms with E-state index in [1.165, 1.54) is 0 Å². The van der Waals surface area contributed by atoms with Crippen molar-refractivity contribution >= 4 is 17.5 Å². The summed E-state index contributed by atoms with van der Waals surface area (Å²) in [6, 6.07) is 17.7. The number of nitrogens with zero attached hydrogens (tertiary/aromatic N) is 3. The number of rotatable bonds is 6. The van der Waals surface area contributed by atoms with E-state index in [1.54, 1.807) is 22.8 Å². The Kier molecular flexibility index (Phi) is 5.42. The molecule has 0 saturated heterocycles. The van der Waals surface area contributed by atoms with Crippen molar-refractivity contribution in [3.63, 3.8) is 0 Å². The predicted octanol–water partition coefficient (Wildman–Crippen LogP) is 3.42. The zero-order valence-corrected chi connectivity index (χ0v) is 16.4. The molecule has 148 valence electrons. The number of fused-ring (bicyclic) bond motifs is 1. The predicted molar refractivity (Wildman–Crippen MR) is 112 cm³/mol. The first-order valence-electron chi connectivity index (χ1n) is 9.82. The van der Waals surface area contributed by atoms with Gasteiger partial charge in [-0.1, -0.05) is 36.4 Å². The summed E-state index contributed by atoms with van der Waals surface area (Å²) in [7, 11) is 1.79. The minimum absolute atomic E-state index is 0.00305. The van der Waals surface area contributed by atoms with Crippen molar-refractivity contribution in [2.75, 3.05) is 12.4 Å². The van der Waals surface area contributed by atoms with Crippen LogP contribution in [0.1, 0.15) is 24.0 Å². The average Bonchev–Trinajstić information content (AvgIpc) is 3.21. The number of benzene rings is 2. The fourth-order valence-corrected chi connectivity index (χ4v) is 3.66. The average molecular weight is 388 g/mol. The molecule has 2 heterocycles. The van der Waals surface area contributed by atoms with Crippen LogP contribution in [0.4, 0.5) is 5.69 Å². The lowest BCUT2D eigenvalue weighted by molar-refractivity contribution is -0.131. The molecule has 2 aromatic carbocycles. The van der Waals surface area contributed by atoms with Gasteiger partial charge in [0, 0.05) is 43.4 Å². The quantitative estimate of drug-likeness (QED) is 0.704. The maximum absolute atomic E-state index is 12.6. The number of aromatic nitrogens is 2. The Labute approximate surface area is 170 Å². The Hall–Kier alpha value is -3.41. The molecule has 2 amide bonds. The summed E-state index contributed by atoms with van der Waals surface area (Å²) >= 11 is 0. The SMILES string of the molecule is CN(Cc1cnn(-c2ccccc2)c1)C(=O)CCC1Cc2ccccc2NC1=O. The molecule has 0 spiro atoms. The van der Waals surface area contributed by atoms with Gasteiger partial charge in [-0.25, -0.2) is 4.68 Å². The molecule has 6 heteroatoms. The van der Waals surface area contributed by atoms with E-state index in [-0.39, 0.29) is 17.7 Å². The van der Waals surface area contributed by atoms with Crippen LogP contribution in [0.3, 0.4) is 0 Å². The Balaban J connectivity index is 1.31. The van der Waals surface area contributed by atoms with Crippen LogP contribution in [-0.2, 0) is 22.6 Å². The maximum atomic E-state index is 12.6. The van der Waals surface area contributed by atoms with Gasteiger partial charge in [0.25, 0.3) is 0 Å². The Morgan fingerprint density at radius 2 is 1.93 bits per heavy atom. The van der Waals surface area contributed by atoms with Crippen molar-refractivity contribution in [2.45, 2.75) is 25.8 Å². The van der Waals surface area contributed by atoms with Gasteiger partial charge in [-0.15, -0.1) is 0 Å². The summed E-state index contributed by atoms with van der Waals surface area (Å²) in [5, 5.41) is 7.32. The highest BCUT2D eigenvalue weighted by Crippen LogP contribution is 2.27. The summed E-state index contributed by atoms with van der Waals surface area (Å²) in [5.74, 6) is -0.129. The third kappa shape index (κ3) is 4.37. The largest absolute Gasteiger partial charge is 0.341 e. The number of hydrogen-bond donors (Lipinski definition) is 1. The molecular formula is C23H24N4O2. The van der Waals surface area contributed by atoms with Crippen LogP contribution >= 0.6 is 0 Å². The smallest absolute Gasteiger partial charge is 0.227 e. The molecule has 1 aromatic heterocycles. The first kappa shape index (κ1) is 18.9. The van der Waals surface area contributed by atoms with Gasteiger partial charge in [-0.3, -0.25) is 9.59 Å². The maximum Gasteiger partial charge on any atom is 0.227 e. The number of anilines is 1. The monoisotopic (exact) mass is 388 g/mol. The molecule has 0 aliphatic carbocycles. The fourth-order valence-electron chi connectivity index (χ4n) is 3.66. The van der Waals surface area contributed by atoms with Gasteiger partial charge in [-0.05, 0) is 36.6 Å². The van der Waals surface area contributed by atoms with E-state index in [4.69, 9.17) is 0 Å². The van der Waals surface area contributed by atoms with E-state index >= 15 is 0 Å². The minimum Gasteiger partial charge on any atom is -0.341 e. The third-order valence-electron chi connectivity index (χ3n) is 5.32. The van der Waals surface area contributed by atoms with E-state index < -0.39 is 0 Å². The lowest BCUT2D eigenvalue weighted by atomic mass is 9.89. The molecule has 1 unspecified atom stereocenters. The summed E-state index contributed by atoms with van der Waals surface area (Å²) < 4.78 is 1.80. The summed E-state index contributed by atoms with van der Waals surface area (Å²) in [5.41, 5.74) is 3.96. The Morgan fingerprint density at radius 3 is 2.76 bits per heavy atom. The Bertz CT molecular complexity index is 1010. The molecule has 0 radical (unpaired) electrons. The molecule has 3 aromatic rings. The second-order valence-electron chi connectivity index (χ2n) is 7.46. The summed E-state index contributed by atoms with van der Waals surface area (Å²) in [6.45, 7) is 0.491. The second kappa shape index (κ2) is 8.31. The zero-order chi connectivity index (χ0) is 20.2. The van der Waals surface area contributed by atoms with Gasteiger partial charge in [-0.2, -0.15) is 5.10 Å². The van der Waals surface area contributed by atoms with Crippen LogP contribution in [-0.4, -0.2) is 33.5 Å². The molecule has 1 atom stereocenters. The molecule has 6 nitrogen and oxygen atoms in total. The Morgan fingerprint density at radius 1 is 1.17 bits per heavy atom. The molecule has 1 N–H and O–H groups in total. The van der Waals surface area contributed by atoms with E-state index in [9.17, 15) is 9.59 Å². The van der Waals surface area contributed by atoms with Crippen molar-refractivity contribution < 1.29 is 9.59 Å². The standard InChI is InChI=1S/C23H24N4O2/c1-26(15-17-14-24-27(16-17)20-8-3-2-4-9-20)22(28)12-11-19-13-18-7-5-6-10-21(18)25-23(19)29/h2-10,14,16,19H,11-13,15H2,1H3,(H,25,29). The first-order chi connectivity index (χ1) is 14.1. The minimum atomic E-state index is -0.164. The first-order valence-corrected chi connectivity index (χ1v) is 9.82. The van der Waals surface area contributed by atoms with Crippen LogP contribution < -0.4 is 5.32 Å². The van der Waals surface area contributed by atoms with Crippen LogP contribution in [0.2, 0.25) is 0 Å². The number of hydrogen-bond acceptors (Lipinski definition) is 3. The molecule has 0 bridgehead atoms. The van der Waals surface area contributed by atoms with Crippen LogP contribution in [0.25, 0.3) is 5.69 Å². The highest BCUT2D eigenvalue weighted by Gasteiger charge is 2.26. The second-order valence-corrected chi connectivity index (χ2v) is 7.46. The van der Waals surface area contributed by atoms with Crippen LogP contribution in [0.15, 0.2) is 67.0 Å². The zero-order valence-electron chi connectivity index (χ0n) is 16.4. The van der Waals surface area contributed by atoms with Gasteiger partial charge >= 0.3 is 0 Å². The van der Waals surface area contributed by atoms with Crippen LogP contribution in [0, 0.1) is 5.92 Å². The molecule has 1 aliphatic heterocycles. The van der Waals surface area contributed by atoms with Crippen molar-refractivity contribution in [1.82, 2.24) is 14.7 Å². The van der Waals surface area contributed by atoms with E-state index in [0.29, 0.717) is 25.8 Å².